The maximum absolute atomic E-state index is 12.3. The first-order chi connectivity index (χ1) is 11.5. The fraction of sp³-hybridized carbons (Fsp3) is 0.353. The Bertz CT molecular complexity index is 753. The van der Waals surface area contributed by atoms with Crippen molar-refractivity contribution in [2.75, 3.05) is 13.1 Å². The molecule has 6 nitrogen and oxygen atoms in total. The molecule has 0 saturated carbocycles. The van der Waals surface area contributed by atoms with Gasteiger partial charge < -0.3 is 10.2 Å². The van der Waals surface area contributed by atoms with Crippen molar-refractivity contribution < 1.29 is 9.59 Å². The van der Waals surface area contributed by atoms with Gasteiger partial charge >= 0.3 is 0 Å². The first-order valence-electron chi connectivity index (χ1n) is 7.96. The van der Waals surface area contributed by atoms with Crippen molar-refractivity contribution in [3.63, 3.8) is 0 Å². The Morgan fingerprint density at radius 1 is 1.25 bits per heavy atom. The smallest absolute Gasteiger partial charge is 0.272 e. The Hall–Kier alpha value is -2.15. The van der Waals surface area contributed by atoms with Crippen molar-refractivity contribution in [3.8, 4) is 5.69 Å². The predicted molar refractivity (Wildman–Crippen MR) is 94.0 cm³/mol. The van der Waals surface area contributed by atoms with Crippen LogP contribution in [0, 0.1) is 0 Å². The summed E-state index contributed by atoms with van der Waals surface area (Å²) < 4.78 is 2.57. The molecule has 24 heavy (non-hydrogen) atoms. The van der Waals surface area contributed by atoms with Gasteiger partial charge in [0.15, 0.2) is 5.69 Å². The van der Waals surface area contributed by atoms with Gasteiger partial charge in [-0.1, -0.05) is 22.0 Å². The van der Waals surface area contributed by atoms with Crippen molar-refractivity contribution in [3.05, 3.63) is 46.7 Å². The number of hydrogen-bond donors (Lipinski definition) is 1. The number of aromatic nitrogens is 2. The van der Waals surface area contributed by atoms with E-state index < -0.39 is 6.04 Å². The molecule has 2 aromatic rings. The molecule has 1 aromatic carbocycles. The second kappa shape index (κ2) is 7.17. The van der Waals surface area contributed by atoms with Crippen molar-refractivity contribution in [2.24, 2.45) is 0 Å². The molecule has 3 rings (SSSR count). The standard InChI is InChI=1S/C17H19BrN4O2/c1-12(17(24)21-8-2-3-9-21)19-16(23)15-7-10-22(20-15)14-6-4-5-13(18)11-14/h4-7,10-12H,2-3,8-9H2,1H3,(H,19,23)/t12-/m0/s1. The Balaban J connectivity index is 1.66. The fourth-order valence-corrected chi connectivity index (χ4v) is 3.14. The second-order valence-electron chi connectivity index (χ2n) is 5.85. The van der Waals surface area contributed by atoms with Gasteiger partial charge in [-0.3, -0.25) is 9.59 Å². The Kier molecular flexibility index (Phi) is 4.99. The van der Waals surface area contributed by atoms with Crippen LogP contribution in [-0.2, 0) is 4.79 Å². The normalized spacial score (nSPS) is 15.3. The zero-order valence-electron chi connectivity index (χ0n) is 13.4. The highest BCUT2D eigenvalue weighted by molar-refractivity contribution is 9.10. The minimum Gasteiger partial charge on any atom is -0.341 e. The van der Waals surface area contributed by atoms with E-state index in [1.165, 1.54) is 0 Å². The Morgan fingerprint density at radius 3 is 2.71 bits per heavy atom. The van der Waals surface area contributed by atoms with Crippen molar-refractivity contribution in [2.45, 2.75) is 25.8 Å². The molecule has 1 atom stereocenters. The third-order valence-electron chi connectivity index (χ3n) is 4.03. The van der Waals surface area contributed by atoms with Crippen LogP contribution >= 0.6 is 15.9 Å². The molecule has 1 aliphatic rings. The number of nitrogens with one attached hydrogen (secondary N) is 1. The molecule has 2 heterocycles. The summed E-state index contributed by atoms with van der Waals surface area (Å²) in [4.78, 5) is 26.4. The molecule has 0 unspecified atom stereocenters. The third kappa shape index (κ3) is 3.67. The lowest BCUT2D eigenvalue weighted by Crippen LogP contribution is -2.46. The van der Waals surface area contributed by atoms with E-state index in [9.17, 15) is 9.59 Å². The molecule has 1 aliphatic heterocycles. The molecule has 0 spiro atoms. The van der Waals surface area contributed by atoms with Crippen LogP contribution < -0.4 is 5.32 Å². The minimum atomic E-state index is -0.549. The molecule has 1 saturated heterocycles. The summed E-state index contributed by atoms with van der Waals surface area (Å²) in [6, 6.07) is 8.73. The van der Waals surface area contributed by atoms with E-state index in [0.29, 0.717) is 0 Å². The number of amides is 2. The summed E-state index contributed by atoms with van der Waals surface area (Å²) in [6.45, 7) is 3.26. The molecule has 0 radical (unpaired) electrons. The van der Waals surface area contributed by atoms with Crippen LogP contribution in [0.1, 0.15) is 30.3 Å². The first kappa shape index (κ1) is 16.7. The summed E-state index contributed by atoms with van der Waals surface area (Å²) in [7, 11) is 0. The number of benzene rings is 1. The number of nitrogens with zero attached hydrogens (tertiary/aromatic N) is 3. The molecular weight excluding hydrogens is 372 g/mol. The van der Waals surface area contributed by atoms with E-state index >= 15 is 0 Å². The quantitative estimate of drug-likeness (QED) is 0.871. The third-order valence-corrected chi connectivity index (χ3v) is 4.52. The van der Waals surface area contributed by atoms with Crippen LogP contribution in [0.2, 0.25) is 0 Å². The number of halogens is 1. The number of carbonyl (C=O) groups excluding carboxylic acids is 2. The Morgan fingerprint density at radius 2 is 2.00 bits per heavy atom. The first-order valence-corrected chi connectivity index (χ1v) is 8.75. The van der Waals surface area contributed by atoms with Gasteiger partial charge in [-0.15, -0.1) is 0 Å². The lowest BCUT2D eigenvalue weighted by Gasteiger charge is -2.20. The van der Waals surface area contributed by atoms with Crippen molar-refractivity contribution in [1.29, 1.82) is 0 Å². The Labute approximate surface area is 149 Å². The summed E-state index contributed by atoms with van der Waals surface area (Å²) in [5.74, 6) is -0.379. The van der Waals surface area contributed by atoms with E-state index in [1.807, 2.05) is 24.3 Å². The van der Waals surface area contributed by atoms with E-state index in [2.05, 4.69) is 26.3 Å². The van der Waals surface area contributed by atoms with Crippen LogP contribution in [0.5, 0.6) is 0 Å². The topological polar surface area (TPSA) is 67.2 Å². The zero-order valence-corrected chi connectivity index (χ0v) is 15.0. The van der Waals surface area contributed by atoms with Crippen LogP contribution in [-0.4, -0.2) is 45.6 Å². The minimum absolute atomic E-state index is 0.0349. The largest absolute Gasteiger partial charge is 0.341 e. The summed E-state index contributed by atoms with van der Waals surface area (Å²) >= 11 is 3.41. The maximum Gasteiger partial charge on any atom is 0.272 e. The summed E-state index contributed by atoms with van der Waals surface area (Å²) in [5.41, 5.74) is 1.14. The molecular formula is C17H19BrN4O2. The second-order valence-corrected chi connectivity index (χ2v) is 6.77. The zero-order chi connectivity index (χ0) is 17.1. The maximum atomic E-state index is 12.3. The molecule has 126 valence electrons. The molecule has 1 N–H and O–H groups in total. The molecule has 2 amide bonds. The molecule has 1 aromatic heterocycles. The number of hydrogen-bond acceptors (Lipinski definition) is 3. The van der Waals surface area contributed by atoms with Gasteiger partial charge in [0.1, 0.15) is 6.04 Å². The monoisotopic (exact) mass is 390 g/mol. The van der Waals surface area contributed by atoms with Crippen LogP contribution in [0.25, 0.3) is 5.69 Å². The van der Waals surface area contributed by atoms with Gasteiger partial charge in [0, 0.05) is 23.8 Å². The van der Waals surface area contributed by atoms with Crippen LogP contribution in [0.4, 0.5) is 0 Å². The van der Waals surface area contributed by atoms with E-state index in [4.69, 9.17) is 0 Å². The van der Waals surface area contributed by atoms with Gasteiger partial charge in [-0.2, -0.15) is 5.10 Å². The van der Waals surface area contributed by atoms with E-state index in [-0.39, 0.29) is 17.5 Å². The van der Waals surface area contributed by atoms with Gasteiger partial charge in [0.05, 0.1) is 5.69 Å². The summed E-state index contributed by atoms with van der Waals surface area (Å²) in [5, 5.41) is 7.02. The molecule has 1 fully saturated rings. The van der Waals surface area contributed by atoms with E-state index in [0.717, 1.165) is 36.1 Å². The number of rotatable bonds is 4. The highest BCUT2D eigenvalue weighted by Gasteiger charge is 2.25. The molecule has 7 heteroatoms. The predicted octanol–water partition coefficient (Wildman–Crippen LogP) is 2.38. The van der Waals surface area contributed by atoms with Gasteiger partial charge in [-0.25, -0.2) is 4.68 Å². The van der Waals surface area contributed by atoms with Crippen molar-refractivity contribution >= 4 is 27.7 Å². The number of carbonyl (C=O) groups is 2. The lowest BCUT2D eigenvalue weighted by atomic mass is 10.2. The van der Waals surface area contributed by atoms with E-state index in [1.54, 1.807) is 28.8 Å². The molecule has 0 bridgehead atoms. The molecule has 0 aliphatic carbocycles. The fourth-order valence-electron chi connectivity index (χ4n) is 2.75. The average molecular weight is 391 g/mol. The number of likely N-dealkylation sites (tertiary alicyclic amines) is 1. The van der Waals surface area contributed by atoms with Gasteiger partial charge in [0.2, 0.25) is 5.91 Å². The lowest BCUT2D eigenvalue weighted by molar-refractivity contribution is -0.131. The van der Waals surface area contributed by atoms with Crippen LogP contribution in [0.15, 0.2) is 41.0 Å². The average Bonchev–Trinajstić information content (AvgIpc) is 3.25. The van der Waals surface area contributed by atoms with Crippen molar-refractivity contribution in [1.82, 2.24) is 20.0 Å². The van der Waals surface area contributed by atoms with Crippen LogP contribution in [0.3, 0.4) is 0 Å². The van der Waals surface area contributed by atoms with Gasteiger partial charge in [0.25, 0.3) is 5.91 Å². The highest BCUT2D eigenvalue weighted by Crippen LogP contribution is 2.15. The van der Waals surface area contributed by atoms with Gasteiger partial charge in [-0.05, 0) is 44.0 Å². The highest BCUT2D eigenvalue weighted by atomic mass is 79.9. The summed E-state index contributed by atoms with van der Waals surface area (Å²) in [6.07, 6.45) is 3.79. The SMILES string of the molecule is C[C@H](NC(=O)c1ccn(-c2cccc(Br)c2)n1)C(=O)N1CCCC1.